The van der Waals surface area contributed by atoms with E-state index in [0.717, 1.165) is 53.8 Å². The van der Waals surface area contributed by atoms with E-state index in [0.29, 0.717) is 13.2 Å². The summed E-state index contributed by atoms with van der Waals surface area (Å²) in [6.45, 7) is 1.90. The number of ether oxygens (including phenoxy) is 6. The third kappa shape index (κ3) is 3.84. The first-order valence-electron chi connectivity index (χ1n) is 8.43. The molecule has 2 aliphatic rings. The summed E-state index contributed by atoms with van der Waals surface area (Å²) >= 11 is 0. The molecule has 2 aromatic carbocycles. The molecule has 0 unspecified atom stereocenters. The lowest BCUT2D eigenvalue weighted by Crippen LogP contribution is -2.01. The van der Waals surface area contributed by atoms with E-state index < -0.39 is 0 Å². The smallest absolute Gasteiger partial charge is 0.231 e. The molecule has 0 bridgehead atoms. The topological polar surface area (TPSA) is 55.4 Å². The zero-order chi connectivity index (χ0) is 16.9. The molecular weight excluding hydrogens is 324 g/mol. The minimum atomic E-state index is 0.280. The van der Waals surface area contributed by atoms with Gasteiger partial charge in [-0.05, 0) is 43.5 Å². The zero-order valence-electron chi connectivity index (χ0n) is 13.9. The van der Waals surface area contributed by atoms with Gasteiger partial charge >= 0.3 is 0 Å². The summed E-state index contributed by atoms with van der Waals surface area (Å²) in [5, 5.41) is 0. The second-order valence-electron chi connectivity index (χ2n) is 5.79. The molecule has 2 aromatic rings. The SMILES string of the molecule is c1cc2c(cc1OCCCCCOc1ccc3c(c1)OCO3)OCO2. The molecule has 2 heterocycles. The van der Waals surface area contributed by atoms with Gasteiger partial charge in [0, 0.05) is 12.1 Å². The summed E-state index contributed by atoms with van der Waals surface area (Å²) in [5.41, 5.74) is 0. The lowest BCUT2D eigenvalue weighted by Gasteiger charge is -2.08. The molecule has 6 heteroatoms. The van der Waals surface area contributed by atoms with Crippen LogP contribution in [0.25, 0.3) is 0 Å². The molecule has 0 aromatic heterocycles. The predicted molar refractivity (Wildman–Crippen MR) is 90.0 cm³/mol. The molecule has 0 N–H and O–H groups in total. The first kappa shape index (κ1) is 15.7. The zero-order valence-corrected chi connectivity index (χ0v) is 13.9. The molecule has 0 fully saturated rings. The normalized spacial score (nSPS) is 13.8. The van der Waals surface area contributed by atoms with Crippen LogP contribution in [0.15, 0.2) is 36.4 Å². The van der Waals surface area contributed by atoms with Gasteiger partial charge in [-0.1, -0.05) is 0 Å². The highest BCUT2D eigenvalue weighted by Gasteiger charge is 2.14. The average Bonchev–Trinajstić information content (AvgIpc) is 3.29. The Balaban J connectivity index is 1.11. The van der Waals surface area contributed by atoms with E-state index in [1.165, 1.54) is 0 Å². The molecule has 25 heavy (non-hydrogen) atoms. The Bertz CT molecular complexity index is 668. The summed E-state index contributed by atoms with van der Waals surface area (Å²) in [7, 11) is 0. The fourth-order valence-electron chi connectivity index (χ4n) is 2.69. The van der Waals surface area contributed by atoms with Crippen molar-refractivity contribution in [2.75, 3.05) is 26.8 Å². The maximum atomic E-state index is 5.74. The van der Waals surface area contributed by atoms with E-state index in [2.05, 4.69) is 0 Å². The first-order chi connectivity index (χ1) is 12.4. The highest BCUT2D eigenvalue weighted by Crippen LogP contribution is 2.36. The highest BCUT2D eigenvalue weighted by molar-refractivity contribution is 5.47. The number of hydrogen-bond acceptors (Lipinski definition) is 6. The molecule has 132 valence electrons. The summed E-state index contributed by atoms with van der Waals surface area (Å²) in [5.74, 6) is 4.65. The van der Waals surface area contributed by atoms with Crippen LogP contribution in [-0.4, -0.2) is 26.8 Å². The maximum absolute atomic E-state index is 5.74. The Kier molecular flexibility index (Phi) is 4.68. The first-order valence-corrected chi connectivity index (χ1v) is 8.43. The summed E-state index contributed by atoms with van der Waals surface area (Å²) < 4.78 is 32.7. The number of rotatable bonds is 8. The van der Waals surface area contributed by atoms with Crippen molar-refractivity contribution in [2.24, 2.45) is 0 Å². The van der Waals surface area contributed by atoms with Gasteiger partial charge in [0.25, 0.3) is 0 Å². The Hall–Kier alpha value is -2.76. The fourth-order valence-corrected chi connectivity index (χ4v) is 2.69. The van der Waals surface area contributed by atoms with Crippen molar-refractivity contribution in [1.82, 2.24) is 0 Å². The van der Waals surface area contributed by atoms with Gasteiger partial charge in [-0.15, -0.1) is 0 Å². The molecule has 6 nitrogen and oxygen atoms in total. The summed E-state index contributed by atoms with van der Waals surface area (Å²) in [4.78, 5) is 0. The second-order valence-corrected chi connectivity index (χ2v) is 5.79. The second kappa shape index (κ2) is 7.42. The van der Waals surface area contributed by atoms with Gasteiger partial charge in [-0.25, -0.2) is 0 Å². The third-order valence-electron chi connectivity index (χ3n) is 4.01. The van der Waals surface area contributed by atoms with Crippen molar-refractivity contribution >= 4 is 0 Å². The summed E-state index contributed by atoms with van der Waals surface area (Å²) in [6, 6.07) is 11.3. The van der Waals surface area contributed by atoms with Crippen LogP contribution in [0, 0.1) is 0 Å². The minimum absolute atomic E-state index is 0.280. The number of hydrogen-bond donors (Lipinski definition) is 0. The van der Waals surface area contributed by atoms with E-state index in [1.807, 2.05) is 36.4 Å². The van der Waals surface area contributed by atoms with Crippen LogP contribution in [-0.2, 0) is 0 Å². The molecule has 0 aliphatic carbocycles. The van der Waals surface area contributed by atoms with Gasteiger partial charge in [-0.3, -0.25) is 0 Å². The predicted octanol–water partition coefficient (Wildman–Crippen LogP) is 3.77. The van der Waals surface area contributed by atoms with E-state index in [4.69, 9.17) is 28.4 Å². The maximum Gasteiger partial charge on any atom is 0.231 e. The fraction of sp³-hybridized carbons (Fsp3) is 0.368. The van der Waals surface area contributed by atoms with Gasteiger partial charge in [0.2, 0.25) is 13.6 Å². The Labute approximate surface area is 146 Å². The molecule has 0 radical (unpaired) electrons. The Morgan fingerprint density at radius 1 is 0.600 bits per heavy atom. The number of unbranched alkanes of at least 4 members (excludes halogenated alkanes) is 2. The Morgan fingerprint density at radius 2 is 1.08 bits per heavy atom. The van der Waals surface area contributed by atoms with E-state index in [9.17, 15) is 0 Å². The number of fused-ring (bicyclic) bond motifs is 2. The standard InChI is InChI=1S/C19H20O6/c1(2-8-20-14-4-6-16-18(10-14)24-12-22-16)3-9-21-15-5-7-17-19(11-15)25-13-23-17/h4-7,10-11H,1-3,8-9,12-13H2. The lowest BCUT2D eigenvalue weighted by atomic mass is 10.2. The van der Waals surface area contributed by atoms with Crippen molar-refractivity contribution in [2.45, 2.75) is 19.3 Å². The van der Waals surface area contributed by atoms with E-state index >= 15 is 0 Å². The molecule has 0 spiro atoms. The molecule has 0 amide bonds. The minimum Gasteiger partial charge on any atom is -0.493 e. The Morgan fingerprint density at radius 3 is 1.60 bits per heavy atom. The average molecular weight is 344 g/mol. The molecule has 2 aliphatic heterocycles. The van der Waals surface area contributed by atoms with Gasteiger partial charge in [0.05, 0.1) is 13.2 Å². The van der Waals surface area contributed by atoms with Crippen LogP contribution in [0.1, 0.15) is 19.3 Å². The third-order valence-corrected chi connectivity index (χ3v) is 4.01. The van der Waals surface area contributed by atoms with Gasteiger partial charge in [0.1, 0.15) is 11.5 Å². The molecule has 4 rings (SSSR count). The van der Waals surface area contributed by atoms with Crippen molar-refractivity contribution < 1.29 is 28.4 Å². The van der Waals surface area contributed by atoms with Gasteiger partial charge in [0.15, 0.2) is 23.0 Å². The molecular formula is C19H20O6. The van der Waals surface area contributed by atoms with Crippen molar-refractivity contribution in [3.05, 3.63) is 36.4 Å². The van der Waals surface area contributed by atoms with E-state index in [1.54, 1.807) is 0 Å². The van der Waals surface area contributed by atoms with Crippen molar-refractivity contribution in [3.8, 4) is 34.5 Å². The van der Waals surface area contributed by atoms with Crippen molar-refractivity contribution in [1.29, 1.82) is 0 Å². The summed E-state index contributed by atoms with van der Waals surface area (Å²) in [6.07, 6.45) is 2.98. The van der Waals surface area contributed by atoms with Crippen LogP contribution in [0.5, 0.6) is 34.5 Å². The largest absolute Gasteiger partial charge is 0.493 e. The number of benzene rings is 2. The molecule has 0 saturated carbocycles. The van der Waals surface area contributed by atoms with Gasteiger partial charge < -0.3 is 28.4 Å². The highest BCUT2D eigenvalue weighted by atomic mass is 16.7. The van der Waals surface area contributed by atoms with Crippen molar-refractivity contribution in [3.63, 3.8) is 0 Å². The lowest BCUT2D eigenvalue weighted by molar-refractivity contribution is 0.173. The van der Waals surface area contributed by atoms with Crippen LogP contribution in [0.3, 0.4) is 0 Å². The van der Waals surface area contributed by atoms with Crippen LogP contribution in [0.2, 0.25) is 0 Å². The van der Waals surface area contributed by atoms with Gasteiger partial charge in [-0.2, -0.15) is 0 Å². The monoisotopic (exact) mass is 344 g/mol. The van der Waals surface area contributed by atoms with Crippen LogP contribution < -0.4 is 28.4 Å². The quantitative estimate of drug-likeness (QED) is 0.680. The van der Waals surface area contributed by atoms with Crippen LogP contribution in [0.4, 0.5) is 0 Å². The van der Waals surface area contributed by atoms with E-state index in [-0.39, 0.29) is 13.6 Å². The molecule has 0 saturated heterocycles. The van der Waals surface area contributed by atoms with Crippen LogP contribution >= 0.6 is 0 Å². The molecule has 0 atom stereocenters.